The van der Waals surface area contributed by atoms with Crippen molar-refractivity contribution in [2.24, 2.45) is 17.3 Å². The summed E-state index contributed by atoms with van der Waals surface area (Å²) in [5.41, 5.74) is -0.790. The monoisotopic (exact) mass is 385 g/mol. The first kappa shape index (κ1) is 18.2. The molecule has 146 valence electrons. The summed E-state index contributed by atoms with van der Waals surface area (Å²) >= 11 is 0. The van der Waals surface area contributed by atoms with Crippen molar-refractivity contribution in [1.29, 1.82) is 0 Å². The lowest BCUT2D eigenvalue weighted by Gasteiger charge is -2.60. The SMILES string of the molecule is O=C(COC(=O)CC12C[C@H]3C[C@@H](CC(O)(C3)C1)C2)N[C@H]1CCS(=O)(=O)C1. The fraction of sp³-hybridized carbons (Fsp3) is 0.889. The number of hydrogen-bond acceptors (Lipinski definition) is 6. The molecular formula is C18H27NO6S. The summed E-state index contributed by atoms with van der Waals surface area (Å²) in [6.45, 7) is -0.372. The second-order valence-corrected chi connectivity index (χ2v) is 11.4. The largest absolute Gasteiger partial charge is 0.456 e. The van der Waals surface area contributed by atoms with Gasteiger partial charge in [-0.25, -0.2) is 8.42 Å². The fourth-order valence-corrected chi connectivity index (χ4v) is 7.96. The number of sulfone groups is 1. The summed E-state index contributed by atoms with van der Waals surface area (Å²) in [7, 11) is -3.05. The quantitative estimate of drug-likeness (QED) is 0.669. The molecule has 5 fully saturated rings. The Morgan fingerprint density at radius 3 is 2.42 bits per heavy atom. The minimum absolute atomic E-state index is 0.0445. The van der Waals surface area contributed by atoms with Crippen molar-refractivity contribution >= 4 is 21.7 Å². The summed E-state index contributed by atoms with van der Waals surface area (Å²) in [4.78, 5) is 24.2. The predicted octanol–water partition coefficient (Wildman–Crippen LogP) is 0.554. The fourth-order valence-electron chi connectivity index (χ4n) is 6.29. The molecule has 1 saturated heterocycles. The number of hydrogen-bond donors (Lipinski definition) is 2. The standard InChI is InChI=1S/C18H27NO6S/c20-15(19-14-1-2-26(23,24)10-14)9-25-16(21)8-17-4-12-3-13(5-17)7-18(22,6-12)11-17/h12-14,22H,1-11H2,(H,19,20)/t12-,13-,14+,17?,18?/m1/s1. The summed E-state index contributed by atoms with van der Waals surface area (Å²) in [5, 5.41) is 13.4. The third kappa shape index (κ3) is 3.76. The van der Waals surface area contributed by atoms with Crippen molar-refractivity contribution in [2.45, 2.75) is 63.0 Å². The van der Waals surface area contributed by atoms with Crippen LogP contribution in [0.5, 0.6) is 0 Å². The second-order valence-electron chi connectivity index (χ2n) is 9.19. The Hall–Kier alpha value is -1.15. The van der Waals surface area contributed by atoms with Crippen LogP contribution in [0.1, 0.15) is 51.4 Å². The van der Waals surface area contributed by atoms with E-state index in [0.717, 1.165) is 32.1 Å². The summed E-state index contributed by atoms with van der Waals surface area (Å²) in [5.74, 6) is 0.195. The van der Waals surface area contributed by atoms with Crippen LogP contribution in [0.2, 0.25) is 0 Å². The number of nitrogens with one attached hydrogen (secondary N) is 1. The number of carbonyl (C=O) groups is 2. The molecule has 0 radical (unpaired) electrons. The van der Waals surface area contributed by atoms with E-state index in [1.54, 1.807) is 0 Å². The van der Waals surface area contributed by atoms with E-state index in [2.05, 4.69) is 5.32 Å². The minimum atomic E-state index is -3.05. The molecule has 5 aliphatic rings. The first-order valence-electron chi connectivity index (χ1n) is 9.52. The Kier molecular flexibility index (Phi) is 4.34. The van der Waals surface area contributed by atoms with Crippen molar-refractivity contribution in [1.82, 2.24) is 5.32 Å². The highest BCUT2D eigenvalue weighted by molar-refractivity contribution is 7.91. The normalized spacial score (nSPS) is 42.6. The number of esters is 1. The molecule has 0 aromatic carbocycles. The molecule has 0 unspecified atom stereocenters. The first-order chi connectivity index (χ1) is 12.1. The van der Waals surface area contributed by atoms with Crippen molar-refractivity contribution < 1.29 is 27.9 Å². The van der Waals surface area contributed by atoms with E-state index in [9.17, 15) is 23.1 Å². The van der Waals surface area contributed by atoms with E-state index in [-0.39, 0.29) is 36.0 Å². The van der Waals surface area contributed by atoms with E-state index in [1.165, 1.54) is 0 Å². The molecule has 4 aliphatic carbocycles. The number of rotatable bonds is 5. The first-order valence-corrected chi connectivity index (χ1v) is 11.3. The van der Waals surface area contributed by atoms with Crippen molar-refractivity contribution in [3.63, 3.8) is 0 Å². The lowest BCUT2D eigenvalue weighted by atomic mass is 9.47. The van der Waals surface area contributed by atoms with E-state index >= 15 is 0 Å². The van der Waals surface area contributed by atoms with Crippen LogP contribution in [0, 0.1) is 17.3 Å². The van der Waals surface area contributed by atoms with E-state index in [1.807, 2.05) is 0 Å². The van der Waals surface area contributed by atoms with Gasteiger partial charge < -0.3 is 15.2 Å². The lowest BCUT2D eigenvalue weighted by Crippen LogP contribution is -2.56. The van der Waals surface area contributed by atoms with Gasteiger partial charge in [0.2, 0.25) is 0 Å². The molecule has 26 heavy (non-hydrogen) atoms. The van der Waals surface area contributed by atoms with Gasteiger partial charge in [0.15, 0.2) is 16.4 Å². The smallest absolute Gasteiger partial charge is 0.306 e. The highest BCUT2D eigenvalue weighted by atomic mass is 32.2. The predicted molar refractivity (Wildman–Crippen MR) is 92.8 cm³/mol. The van der Waals surface area contributed by atoms with Crippen molar-refractivity contribution in [2.75, 3.05) is 18.1 Å². The van der Waals surface area contributed by atoms with Crippen LogP contribution in [0.15, 0.2) is 0 Å². The maximum Gasteiger partial charge on any atom is 0.306 e. The van der Waals surface area contributed by atoms with Gasteiger partial charge in [-0.1, -0.05) is 0 Å². The molecule has 0 spiro atoms. The van der Waals surface area contributed by atoms with Gasteiger partial charge in [-0.05, 0) is 62.2 Å². The van der Waals surface area contributed by atoms with Crippen LogP contribution in [0.4, 0.5) is 0 Å². The van der Waals surface area contributed by atoms with Crippen LogP contribution < -0.4 is 5.32 Å². The molecule has 2 N–H and O–H groups in total. The zero-order chi connectivity index (χ0) is 18.6. The molecule has 1 amide bonds. The summed E-state index contributed by atoms with van der Waals surface area (Å²) in [6.07, 6.45) is 6.13. The maximum absolute atomic E-state index is 12.3. The molecular weight excluding hydrogens is 358 g/mol. The van der Waals surface area contributed by atoms with Gasteiger partial charge in [0, 0.05) is 6.04 Å². The van der Waals surface area contributed by atoms with Crippen LogP contribution in [0.3, 0.4) is 0 Å². The maximum atomic E-state index is 12.3. The van der Waals surface area contributed by atoms with Gasteiger partial charge in [0.1, 0.15) is 0 Å². The Bertz CT molecular complexity index is 703. The Balaban J connectivity index is 1.26. The zero-order valence-corrected chi connectivity index (χ0v) is 15.7. The van der Waals surface area contributed by atoms with Crippen LogP contribution in [-0.4, -0.2) is 55.2 Å². The van der Waals surface area contributed by atoms with E-state index < -0.39 is 27.3 Å². The third-order valence-electron chi connectivity index (χ3n) is 6.63. The molecule has 4 bridgehead atoms. The van der Waals surface area contributed by atoms with Crippen LogP contribution in [-0.2, 0) is 24.2 Å². The van der Waals surface area contributed by atoms with Gasteiger partial charge >= 0.3 is 5.97 Å². The zero-order valence-electron chi connectivity index (χ0n) is 14.9. The molecule has 3 atom stereocenters. The Morgan fingerprint density at radius 2 is 1.85 bits per heavy atom. The summed E-state index contributed by atoms with van der Waals surface area (Å²) < 4.78 is 28.0. The average Bonchev–Trinajstić information content (AvgIpc) is 2.81. The highest BCUT2D eigenvalue weighted by Crippen LogP contribution is 2.62. The molecule has 1 heterocycles. The van der Waals surface area contributed by atoms with Gasteiger partial charge in [-0.15, -0.1) is 0 Å². The summed E-state index contributed by atoms with van der Waals surface area (Å²) in [6, 6.07) is -0.386. The topological polar surface area (TPSA) is 110 Å². The second kappa shape index (κ2) is 6.19. The molecule has 8 heteroatoms. The molecule has 0 aromatic heterocycles. The van der Waals surface area contributed by atoms with Crippen LogP contribution in [0.25, 0.3) is 0 Å². The average molecular weight is 385 g/mol. The van der Waals surface area contributed by atoms with Gasteiger partial charge in [-0.3, -0.25) is 9.59 Å². The number of aliphatic hydroxyl groups is 1. The van der Waals surface area contributed by atoms with Gasteiger partial charge in [0.25, 0.3) is 5.91 Å². The number of ether oxygens (including phenoxy) is 1. The Labute approximate surface area is 153 Å². The molecule has 1 aliphatic heterocycles. The lowest BCUT2D eigenvalue weighted by molar-refractivity contribution is -0.177. The third-order valence-corrected chi connectivity index (χ3v) is 8.40. The highest BCUT2D eigenvalue weighted by Gasteiger charge is 2.57. The minimum Gasteiger partial charge on any atom is -0.456 e. The van der Waals surface area contributed by atoms with Crippen molar-refractivity contribution in [3.05, 3.63) is 0 Å². The molecule has 0 aromatic rings. The Morgan fingerprint density at radius 1 is 1.15 bits per heavy atom. The molecule has 5 rings (SSSR count). The van der Waals surface area contributed by atoms with E-state index in [0.29, 0.717) is 24.7 Å². The van der Waals surface area contributed by atoms with Gasteiger partial charge in [-0.2, -0.15) is 0 Å². The van der Waals surface area contributed by atoms with Crippen LogP contribution >= 0.6 is 0 Å². The van der Waals surface area contributed by atoms with Gasteiger partial charge in [0.05, 0.1) is 23.5 Å². The number of amides is 1. The number of carbonyl (C=O) groups excluding carboxylic acids is 2. The van der Waals surface area contributed by atoms with Crippen molar-refractivity contribution in [3.8, 4) is 0 Å². The van der Waals surface area contributed by atoms with E-state index in [4.69, 9.17) is 4.74 Å². The molecule has 4 saturated carbocycles. The molecule has 7 nitrogen and oxygen atoms in total.